The van der Waals surface area contributed by atoms with Gasteiger partial charge >= 0.3 is 5.97 Å². The number of carbonyl (C=O) groups is 1. The number of hydrogen-bond donors (Lipinski definition) is 0. The Kier molecular flexibility index (Phi) is 3.92. The molecule has 2 aromatic heterocycles. The SMILES string of the molecule is O=C(CN1c2cccc3cccc(c23)S1(=O)=O)OCc1cc(-c2ccco2)on1. The molecule has 8 nitrogen and oxygen atoms in total. The minimum Gasteiger partial charge on any atom is -0.461 e. The number of esters is 1. The Hall–Kier alpha value is -3.59. The molecular weight excluding hydrogens is 396 g/mol. The topological polar surface area (TPSA) is 103 Å². The maximum atomic E-state index is 12.9. The minimum absolute atomic E-state index is 0.145. The molecule has 0 saturated heterocycles. The Balaban J connectivity index is 1.32. The van der Waals surface area contributed by atoms with Crippen LogP contribution in [0.5, 0.6) is 0 Å². The van der Waals surface area contributed by atoms with Crippen LogP contribution < -0.4 is 4.31 Å². The van der Waals surface area contributed by atoms with Gasteiger partial charge in [0.2, 0.25) is 5.76 Å². The maximum absolute atomic E-state index is 12.9. The van der Waals surface area contributed by atoms with Crippen LogP contribution in [0, 0.1) is 0 Å². The Morgan fingerprint density at radius 3 is 2.69 bits per heavy atom. The molecule has 0 bridgehead atoms. The number of carbonyl (C=O) groups excluding carboxylic acids is 1. The van der Waals surface area contributed by atoms with Gasteiger partial charge in [-0.15, -0.1) is 0 Å². The van der Waals surface area contributed by atoms with Crippen LogP contribution in [-0.2, 0) is 26.2 Å². The van der Waals surface area contributed by atoms with Crippen molar-refractivity contribution < 1.29 is 26.9 Å². The summed E-state index contributed by atoms with van der Waals surface area (Å²) in [5.74, 6) is 0.218. The van der Waals surface area contributed by atoms with E-state index in [0.717, 1.165) is 9.69 Å². The number of hydrogen-bond acceptors (Lipinski definition) is 7. The Morgan fingerprint density at radius 2 is 1.90 bits per heavy atom. The highest BCUT2D eigenvalue weighted by molar-refractivity contribution is 7.93. The molecular formula is C20H14N2O6S. The number of rotatable bonds is 5. The lowest BCUT2D eigenvalue weighted by atomic mass is 10.1. The summed E-state index contributed by atoms with van der Waals surface area (Å²) in [4.78, 5) is 12.6. The summed E-state index contributed by atoms with van der Waals surface area (Å²) in [7, 11) is -3.82. The summed E-state index contributed by atoms with van der Waals surface area (Å²) in [6.07, 6.45) is 1.51. The number of sulfonamides is 1. The van der Waals surface area contributed by atoms with E-state index in [2.05, 4.69) is 5.16 Å². The van der Waals surface area contributed by atoms with Crippen LogP contribution in [0.3, 0.4) is 0 Å². The lowest BCUT2D eigenvalue weighted by Gasteiger charge is -2.17. The first kappa shape index (κ1) is 17.5. The van der Waals surface area contributed by atoms with Gasteiger partial charge in [0.05, 0.1) is 16.8 Å². The van der Waals surface area contributed by atoms with E-state index in [0.29, 0.717) is 28.3 Å². The number of anilines is 1. The van der Waals surface area contributed by atoms with Crippen molar-refractivity contribution >= 4 is 32.5 Å². The molecule has 9 heteroatoms. The second-order valence-corrected chi connectivity index (χ2v) is 8.29. The number of ether oxygens (including phenoxy) is 1. The third-order valence-corrected chi connectivity index (χ3v) is 6.46. The molecule has 0 spiro atoms. The molecule has 0 saturated carbocycles. The van der Waals surface area contributed by atoms with Gasteiger partial charge < -0.3 is 13.7 Å². The summed E-state index contributed by atoms with van der Waals surface area (Å²) in [6.45, 7) is -0.576. The van der Waals surface area contributed by atoms with E-state index in [-0.39, 0.29) is 11.5 Å². The summed E-state index contributed by atoms with van der Waals surface area (Å²) in [6, 6.07) is 15.3. The highest BCUT2D eigenvalue weighted by Crippen LogP contribution is 2.41. The van der Waals surface area contributed by atoms with E-state index in [1.807, 2.05) is 12.1 Å². The zero-order valence-electron chi connectivity index (χ0n) is 14.9. The van der Waals surface area contributed by atoms with Gasteiger partial charge in [-0.1, -0.05) is 29.4 Å². The molecule has 1 aliphatic rings. The van der Waals surface area contributed by atoms with Gasteiger partial charge in [-0.05, 0) is 29.7 Å². The van der Waals surface area contributed by atoms with E-state index in [4.69, 9.17) is 13.7 Å². The zero-order valence-corrected chi connectivity index (χ0v) is 15.8. The van der Waals surface area contributed by atoms with Crippen molar-refractivity contribution in [1.29, 1.82) is 0 Å². The monoisotopic (exact) mass is 410 g/mol. The maximum Gasteiger partial charge on any atom is 0.327 e. The van der Waals surface area contributed by atoms with Gasteiger partial charge in [0, 0.05) is 11.5 Å². The molecule has 0 unspecified atom stereocenters. The van der Waals surface area contributed by atoms with Crippen molar-refractivity contribution in [3.63, 3.8) is 0 Å². The summed E-state index contributed by atoms with van der Waals surface area (Å²) < 4.78 is 42.4. The third kappa shape index (κ3) is 2.87. The van der Waals surface area contributed by atoms with E-state index in [9.17, 15) is 13.2 Å². The highest BCUT2D eigenvalue weighted by atomic mass is 32.2. The molecule has 5 rings (SSSR count). The molecule has 146 valence electrons. The zero-order chi connectivity index (χ0) is 20.0. The van der Waals surface area contributed by atoms with Crippen LogP contribution in [0.25, 0.3) is 22.3 Å². The van der Waals surface area contributed by atoms with Gasteiger partial charge in [-0.3, -0.25) is 9.10 Å². The van der Waals surface area contributed by atoms with E-state index in [1.54, 1.807) is 36.4 Å². The lowest BCUT2D eigenvalue weighted by Crippen LogP contribution is -2.33. The quantitative estimate of drug-likeness (QED) is 0.465. The molecule has 0 fully saturated rings. The highest BCUT2D eigenvalue weighted by Gasteiger charge is 2.37. The van der Waals surface area contributed by atoms with Crippen LogP contribution in [0.15, 0.2) is 74.7 Å². The molecule has 4 aromatic rings. The van der Waals surface area contributed by atoms with Crippen molar-refractivity contribution in [2.75, 3.05) is 10.8 Å². The smallest absolute Gasteiger partial charge is 0.327 e. The summed E-state index contributed by atoms with van der Waals surface area (Å²) >= 11 is 0. The molecule has 0 atom stereocenters. The van der Waals surface area contributed by atoms with Crippen LogP contribution in [0.4, 0.5) is 5.69 Å². The Bertz CT molecular complexity index is 1320. The number of furan rings is 1. The minimum atomic E-state index is -3.82. The fourth-order valence-electron chi connectivity index (χ4n) is 3.36. The molecule has 0 aliphatic carbocycles. The van der Waals surface area contributed by atoms with Crippen molar-refractivity contribution in [3.8, 4) is 11.5 Å². The molecule has 1 aliphatic heterocycles. The second kappa shape index (κ2) is 6.49. The largest absolute Gasteiger partial charge is 0.461 e. The normalized spacial score (nSPS) is 14.4. The van der Waals surface area contributed by atoms with Crippen molar-refractivity contribution in [1.82, 2.24) is 5.16 Å². The van der Waals surface area contributed by atoms with Crippen molar-refractivity contribution in [2.45, 2.75) is 11.5 Å². The van der Waals surface area contributed by atoms with Gasteiger partial charge in [0.25, 0.3) is 10.0 Å². The molecule has 2 aromatic carbocycles. The number of aromatic nitrogens is 1. The fraction of sp³-hybridized carbons (Fsp3) is 0.100. The Morgan fingerprint density at radius 1 is 1.07 bits per heavy atom. The first-order valence-corrected chi connectivity index (χ1v) is 10.2. The molecule has 3 heterocycles. The Labute approximate surface area is 165 Å². The molecule has 0 amide bonds. The van der Waals surface area contributed by atoms with E-state index in [1.165, 1.54) is 12.3 Å². The lowest BCUT2D eigenvalue weighted by molar-refractivity contribution is -0.143. The number of benzene rings is 2. The summed E-state index contributed by atoms with van der Waals surface area (Å²) in [5, 5.41) is 5.24. The standard InChI is InChI=1S/C20H14N2O6S/c23-19(27-12-14-10-17(28-21-14)16-7-3-9-26-16)11-22-15-6-1-4-13-5-2-8-18(20(13)15)29(22,24)25/h1-10H,11-12H2. The van der Waals surface area contributed by atoms with Crippen molar-refractivity contribution in [2.24, 2.45) is 0 Å². The average molecular weight is 410 g/mol. The third-order valence-electron chi connectivity index (χ3n) is 4.66. The van der Waals surface area contributed by atoms with E-state index >= 15 is 0 Å². The predicted octanol–water partition coefficient (Wildman–Crippen LogP) is 3.34. The number of nitrogens with zero attached hydrogens (tertiary/aromatic N) is 2. The molecule has 29 heavy (non-hydrogen) atoms. The van der Waals surface area contributed by atoms with Gasteiger partial charge in [-0.2, -0.15) is 0 Å². The summed E-state index contributed by atoms with van der Waals surface area (Å²) in [5.41, 5.74) is 0.857. The van der Waals surface area contributed by atoms with Crippen LogP contribution in [0.2, 0.25) is 0 Å². The van der Waals surface area contributed by atoms with Crippen LogP contribution >= 0.6 is 0 Å². The fourth-order valence-corrected chi connectivity index (χ4v) is 5.02. The van der Waals surface area contributed by atoms with Gasteiger partial charge in [0.15, 0.2) is 5.76 Å². The molecule has 0 N–H and O–H groups in total. The predicted molar refractivity (Wildman–Crippen MR) is 102 cm³/mol. The van der Waals surface area contributed by atoms with E-state index < -0.39 is 22.5 Å². The van der Waals surface area contributed by atoms with Crippen LogP contribution in [0.1, 0.15) is 5.69 Å². The molecule has 0 radical (unpaired) electrons. The van der Waals surface area contributed by atoms with Crippen molar-refractivity contribution in [3.05, 3.63) is 66.6 Å². The first-order chi connectivity index (χ1) is 14.0. The second-order valence-electron chi connectivity index (χ2n) is 6.46. The first-order valence-electron chi connectivity index (χ1n) is 8.73. The van der Waals surface area contributed by atoms with Crippen LogP contribution in [-0.4, -0.2) is 26.1 Å². The van der Waals surface area contributed by atoms with Gasteiger partial charge in [0.1, 0.15) is 18.8 Å². The average Bonchev–Trinajstić information content (AvgIpc) is 3.44. The van der Waals surface area contributed by atoms with Gasteiger partial charge in [-0.25, -0.2) is 8.42 Å².